The summed E-state index contributed by atoms with van der Waals surface area (Å²) in [5, 5.41) is 14.3. The molecule has 1 unspecified atom stereocenters. The highest BCUT2D eigenvalue weighted by molar-refractivity contribution is 5.94. The highest BCUT2D eigenvalue weighted by atomic mass is 19.1. The van der Waals surface area contributed by atoms with Crippen LogP contribution in [0.25, 0.3) is 0 Å². The largest absolute Gasteiger partial charge is 0.465 e. The van der Waals surface area contributed by atoms with Crippen LogP contribution in [0.1, 0.15) is 15.9 Å². The van der Waals surface area contributed by atoms with E-state index >= 15 is 0 Å². The van der Waals surface area contributed by atoms with Gasteiger partial charge in [-0.05, 0) is 30.2 Å². The minimum atomic E-state index is -0.689. The zero-order valence-corrected chi connectivity index (χ0v) is 13.7. The van der Waals surface area contributed by atoms with Gasteiger partial charge in [-0.3, -0.25) is 0 Å². The first-order valence-electron chi connectivity index (χ1n) is 7.63. The molecule has 1 atom stereocenters. The minimum Gasteiger partial charge on any atom is -0.465 e. The minimum absolute atomic E-state index is 0.113. The Balaban J connectivity index is 2.02. The van der Waals surface area contributed by atoms with Crippen LogP contribution in [0.15, 0.2) is 48.5 Å². The molecule has 2 aromatic rings. The Hall–Kier alpha value is -2.93. The lowest BCUT2D eigenvalue weighted by molar-refractivity contribution is 0.0600. The van der Waals surface area contributed by atoms with Crippen molar-refractivity contribution in [3.05, 3.63) is 65.5 Å². The normalized spacial score (nSPS) is 11.5. The molecule has 25 heavy (non-hydrogen) atoms. The van der Waals surface area contributed by atoms with Crippen molar-refractivity contribution in [2.24, 2.45) is 0 Å². The molecular formula is C18H19FN2O4. The van der Waals surface area contributed by atoms with E-state index in [1.165, 1.54) is 19.2 Å². The number of hydrogen-bond acceptors (Lipinski definition) is 4. The van der Waals surface area contributed by atoms with E-state index < -0.39 is 23.9 Å². The smallest absolute Gasteiger partial charge is 0.337 e. The van der Waals surface area contributed by atoms with Crippen LogP contribution >= 0.6 is 0 Å². The number of rotatable bonds is 6. The predicted molar refractivity (Wildman–Crippen MR) is 90.9 cm³/mol. The number of ether oxygens (including phenoxy) is 1. The van der Waals surface area contributed by atoms with Crippen molar-refractivity contribution in [1.29, 1.82) is 0 Å². The summed E-state index contributed by atoms with van der Waals surface area (Å²) in [5.41, 5.74) is 0.903. The second-order valence-corrected chi connectivity index (χ2v) is 5.35. The van der Waals surface area contributed by atoms with Gasteiger partial charge in [-0.2, -0.15) is 0 Å². The molecular weight excluding hydrogens is 327 g/mol. The van der Waals surface area contributed by atoms with Gasteiger partial charge in [0.15, 0.2) is 0 Å². The van der Waals surface area contributed by atoms with Gasteiger partial charge in [-0.1, -0.05) is 30.3 Å². The van der Waals surface area contributed by atoms with Gasteiger partial charge in [0.25, 0.3) is 0 Å². The maximum absolute atomic E-state index is 13.8. The van der Waals surface area contributed by atoms with E-state index in [0.29, 0.717) is 6.42 Å². The van der Waals surface area contributed by atoms with Gasteiger partial charge >= 0.3 is 12.0 Å². The number of aliphatic hydroxyl groups is 1. The Morgan fingerprint density at radius 1 is 1.20 bits per heavy atom. The SMILES string of the molecule is COC(=O)c1ccc(F)c(NC(=O)NC(CO)Cc2ccccc2)c1. The zero-order valence-electron chi connectivity index (χ0n) is 13.7. The summed E-state index contributed by atoms with van der Waals surface area (Å²) in [6.07, 6.45) is 0.426. The number of amides is 2. The summed E-state index contributed by atoms with van der Waals surface area (Å²) < 4.78 is 18.4. The topological polar surface area (TPSA) is 87.7 Å². The number of nitrogens with one attached hydrogen (secondary N) is 2. The van der Waals surface area contributed by atoms with Crippen LogP contribution in [0.5, 0.6) is 0 Å². The molecule has 0 fully saturated rings. The average Bonchev–Trinajstić information content (AvgIpc) is 2.63. The van der Waals surface area contributed by atoms with E-state index in [1.807, 2.05) is 30.3 Å². The molecule has 2 amide bonds. The fraction of sp³-hybridized carbons (Fsp3) is 0.222. The lowest BCUT2D eigenvalue weighted by Crippen LogP contribution is -2.41. The molecule has 0 aromatic heterocycles. The molecule has 2 rings (SSSR count). The van der Waals surface area contributed by atoms with E-state index in [1.54, 1.807) is 0 Å². The van der Waals surface area contributed by atoms with Gasteiger partial charge in [-0.15, -0.1) is 0 Å². The Labute approximate surface area is 144 Å². The summed E-state index contributed by atoms with van der Waals surface area (Å²) in [4.78, 5) is 23.5. The molecule has 0 spiro atoms. The fourth-order valence-electron chi connectivity index (χ4n) is 2.27. The molecule has 0 aliphatic rings. The first-order chi connectivity index (χ1) is 12.0. The number of hydrogen-bond donors (Lipinski definition) is 3. The third-order valence-corrected chi connectivity index (χ3v) is 3.52. The summed E-state index contributed by atoms with van der Waals surface area (Å²) >= 11 is 0. The van der Waals surface area contributed by atoms with Crippen molar-refractivity contribution in [1.82, 2.24) is 5.32 Å². The van der Waals surface area contributed by atoms with E-state index in [0.717, 1.165) is 11.6 Å². The second-order valence-electron chi connectivity index (χ2n) is 5.35. The predicted octanol–water partition coefficient (Wildman–Crippen LogP) is 2.34. The number of esters is 1. The molecule has 0 bridgehead atoms. The number of carbonyl (C=O) groups excluding carboxylic acids is 2. The molecule has 7 heteroatoms. The van der Waals surface area contributed by atoms with Crippen molar-refractivity contribution in [3.63, 3.8) is 0 Å². The van der Waals surface area contributed by atoms with Gasteiger partial charge in [-0.25, -0.2) is 14.0 Å². The van der Waals surface area contributed by atoms with Crippen LogP contribution in [-0.4, -0.2) is 36.9 Å². The van der Waals surface area contributed by atoms with Crippen LogP contribution in [0.2, 0.25) is 0 Å². The van der Waals surface area contributed by atoms with Gasteiger partial charge in [0, 0.05) is 0 Å². The standard InChI is InChI=1S/C18H19FN2O4/c1-25-17(23)13-7-8-15(19)16(10-13)21-18(24)20-14(11-22)9-12-5-3-2-4-6-12/h2-8,10,14,22H,9,11H2,1H3,(H2,20,21,24). The van der Waals surface area contributed by atoms with Crippen LogP contribution in [-0.2, 0) is 11.2 Å². The highest BCUT2D eigenvalue weighted by Gasteiger charge is 2.15. The number of anilines is 1. The first kappa shape index (κ1) is 18.4. The molecule has 2 aromatic carbocycles. The first-order valence-corrected chi connectivity index (χ1v) is 7.63. The zero-order chi connectivity index (χ0) is 18.2. The van der Waals surface area contributed by atoms with Crippen molar-refractivity contribution < 1.29 is 23.8 Å². The highest BCUT2D eigenvalue weighted by Crippen LogP contribution is 2.17. The molecule has 0 saturated carbocycles. The lowest BCUT2D eigenvalue weighted by atomic mass is 10.1. The van der Waals surface area contributed by atoms with Gasteiger partial charge in [0.2, 0.25) is 0 Å². The van der Waals surface area contributed by atoms with Crippen LogP contribution in [0, 0.1) is 5.82 Å². The second kappa shape index (κ2) is 8.79. The third-order valence-electron chi connectivity index (χ3n) is 3.52. The third kappa shape index (κ3) is 5.29. The molecule has 0 heterocycles. The van der Waals surface area contributed by atoms with Gasteiger partial charge in [0.05, 0.1) is 31.0 Å². The van der Waals surface area contributed by atoms with Crippen LogP contribution in [0.4, 0.5) is 14.9 Å². The maximum atomic E-state index is 13.8. The number of carbonyl (C=O) groups is 2. The van der Waals surface area contributed by atoms with Crippen molar-refractivity contribution >= 4 is 17.7 Å². The fourth-order valence-corrected chi connectivity index (χ4v) is 2.27. The molecule has 6 nitrogen and oxygen atoms in total. The lowest BCUT2D eigenvalue weighted by Gasteiger charge is -2.17. The maximum Gasteiger partial charge on any atom is 0.337 e. The summed E-state index contributed by atoms with van der Waals surface area (Å²) in [6.45, 7) is -0.271. The number of halogens is 1. The molecule has 3 N–H and O–H groups in total. The van der Waals surface area contributed by atoms with E-state index in [9.17, 15) is 19.1 Å². The Morgan fingerprint density at radius 2 is 1.92 bits per heavy atom. The number of methoxy groups -OCH3 is 1. The molecule has 0 aliphatic heterocycles. The van der Waals surface area contributed by atoms with Crippen LogP contribution in [0.3, 0.4) is 0 Å². The summed E-state index contributed by atoms with van der Waals surface area (Å²) in [5.74, 6) is -1.33. The molecule has 0 saturated heterocycles. The summed E-state index contributed by atoms with van der Waals surface area (Å²) in [6, 6.07) is 11.6. The number of aliphatic hydroxyl groups excluding tert-OH is 1. The van der Waals surface area contributed by atoms with E-state index in [2.05, 4.69) is 15.4 Å². The molecule has 0 aliphatic carbocycles. The quantitative estimate of drug-likeness (QED) is 0.701. The Bertz CT molecular complexity index is 737. The number of benzene rings is 2. The van der Waals surface area contributed by atoms with Crippen molar-refractivity contribution in [2.45, 2.75) is 12.5 Å². The Morgan fingerprint density at radius 3 is 2.56 bits per heavy atom. The van der Waals surface area contributed by atoms with Crippen LogP contribution < -0.4 is 10.6 Å². The number of urea groups is 1. The Kier molecular flexibility index (Phi) is 6.47. The average molecular weight is 346 g/mol. The summed E-state index contributed by atoms with van der Waals surface area (Å²) in [7, 11) is 1.21. The van der Waals surface area contributed by atoms with Crippen molar-refractivity contribution in [2.75, 3.05) is 19.0 Å². The van der Waals surface area contributed by atoms with E-state index in [-0.39, 0.29) is 17.9 Å². The van der Waals surface area contributed by atoms with Gasteiger partial charge in [0.1, 0.15) is 5.82 Å². The van der Waals surface area contributed by atoms with E-state index in [4.69, 9.17) is 0 Å². The monoisotopic (exact) mass is 346 g/mol. The molecule has 132 valence electrons. The van der Waals surface area contributed by atoms with Gasteiger partial charge < -0.3 is 20.5 Å². The van der Waals surface area contributed by atoms with Crippen molar-refractivity contribution in [3.8, 4) is 0 Å². The molecule has 0 radical (unpaired) electrons.